The van der Waals surface area contributed by atoms with Crippen molar-refractivity contribution in [1.29, 1.82) is 0 Å². The third kappa shape index (κ3) is 5.61. The highest BCUT2D eigenvalue weighted by molar-refractivity contribution is 5.78. The molecule has 4 rings (SSSR count). The van der Waals surface area contributed by atoms with Crippen molar-refractivity contribution in [2.45, 2.75) is 44.8 Å². The molecule has 2 aliphatic heterocycles. The minimum Gasteiger partial charge on any atom is -0.354 e. The lowest BCUT2D eigenvalue weighted by molar-refractivity contribution is -0.127. The minimum absolute atomic E-state index is 0.111. The highest BCUT2D eigenvalue weighted by Gasteiger charge is 2.31. The molecule has 2 fully saturated rings. The van der Waals surface area contributed by atoms with Gasteiger partial charge in [0.15, 0.2) is 0 Å². The third-order valence-electron chi connectivity index (χ3n) is 6.19. The van der Waals surface area contributed by atoms with E-state index in [1.165, 1.54) is 18.4 Å². The number of carbonyl (C=O) groups excluding carboxylic acids is 1. The van der Waals surface area contributed by atoms with Crippen LogP contribution in [0.5, 0.6) is 0 Å². The zero-order valence-corrected chi connectivity index (χ0v) is 17.0. The molecule has 1 amide bonds. The zero-order valence-electron chi connectivity index (χ0n) is 17.0. The standard InChI is InChI=1S/C21H31N7O/c29-21(23-9-13-27-16-24-25-17-27)19-2-1-10-28(15-19)20-5-11-26(12-6-20)14-18-3-7-22-8-4-18/h3-4,7-8,16-17,19-20H,1-2,5-6,9-15H2,(H,23,29). The molecule has 0 saturated carbocycles. The molecule has 0 aliphatic carbocycles. The first-order valence-corrected chi connectivity index (χ1v) is 10.7. The summed E-state index contributed by atoms with van der Waals surface area (Å²) in [5.41, 5.74) is 1.33. The number of nitrogens with one attached hydrogen (secondary N) is 1. The van der Waals surface area contributed by atoms with E-state index in [0.29, 0.717) is 19.1 Å². The summed E-state index contributed by atoms with van der Waals surface area (Å²) in [4.78, 5) is 21.8. The van der Waals surface area contributed by atoms with Crippen LogP contribution in [0.25, 0.3) is 0 Å². The fourth-order valence-corrected chi connectivity index (χ4v) is 4.53. The Morgan fingerprint density at radius 1 is 1.07 bits per heavy atom. The molecule has 0 aromatic carbocycles. The van der Waals surface area contributed by atoms with Gasteiger partial charge in [0.05, 0.1) is 5.92 Å². The van der Waals surface area contributed by atoms with Crippen LogP contribution in [-0.2, 0) is 17.9 Å². The number of hydrogen-bond donors (Lipinski definition) is 1. The van der Waals surface area contributed by atoms with Gasteiger partial charge in [0, 0.05) is 44.6 Å². The Balaban J connectivity index is 1.20. The van der Waals surface area contributed by atoms with Crippen molar-refractivity contribution in [2.75, 3.05) is 32.7 Å². The quantitative estimate of drug-likeness (QED) is 0.756. The molecule has 1 N–H and O–H groups in total. The summed E-state index contributed by atoms with van der Waals surface area (Å²) in [6.07, 6.45) is 11.6. The molecule has 8 heteroatoms. The van der Waals surface area contributed by atoms with Crippen LogP contribution in [-0.4, -0.2) is 74.2 Å². The Labute approximate surface area is 172 Å². The molecule has 2 saturated heterocycles. The topological polar surface area (TPSA) is 79.2 Å². The van der Waals surface area contributed by atoms with Gasteiger partial charge in [-0.3, -0.25) is 19.6 Å². The fraction of sp³-hybridized carbons (Fsp3) is 0.619. The van der Waals surface area contributed by atoms with Crippen molar-refractivity contribution in [3.63, 3.8) is 0 Å². The number of hydrogen-bond acceptors (Lipinski definition) is 6. The number of likely N-dealkylation sites (tertiary alicyclic amines) is 2. The van der Waals surface area contributed by atoms with Crippen molar-refractivity contribution >= 4 is 5.91 Å². The van der Waals surface area contributed by atoms with Crippen LogP contribution in [0.1, 0.15) is 31.2 Å². The first kappa shape index (κ1) is 20.0. The van der Waals surface area contributed by atoms with E-state index in [1.54, 1.807) is 12.7 Å². The van der Waals surface area contributed by atoms with Crippen LogP contribution in [0.3, 0.4) is 0 Å². The smallest absolute Gasteiger partial charge is 0.224 e. The average molecular weight is 398 g/mol. The number of rotatable bonds is 7. The van der Waals surface area contributed by atoms with E-state index in [1.807, 2.05) is 17.0 Å². The van der Waals surface area contributed by atoms with Crippen LogP contribution >= 0.6 is 0 Å². The van der Waals surface area contributed by atoms with Crippen LogP contribution in [0.15, 0.2) is 37.2 Å². The lowest BCUT2D eigenvalue weighted by Gasteiger charge is -2.42. The molecule has 2 aliphatic rings. The van der Waals surface area contributed by atoms with Gasteiger partial charge in [0.2, 0.25) is 5.91 Å². The number of aromatic nitrogens is 4. The van der Waals surface area contributed by atoms with E-state index >= 15 is 0 Å². The van der Waals surface area contributed by atoms with Gasteiger partial charge in [-0.05, 0) is 63.0 Å². The molecule has 2 aromatic heterocycles. The van der Waals surface area contributed by atoms with E-state index < -0.39 is 0 Å². The Morgan fingerprint density at radius 3 is 2.59 bits per heavy atom. The van der Waals surface area contributed by atoms with Crippen LogP contribution < -0.4 is 5.32 Å². The maximum atomic E-state index is 12.6. The van der Waals surface area contributed by atoms with E-state index in [4.69, 9.17) is 0 Å². The summed E-state index contributed by atoms with van der Waals surface area (Å²) in [5.74, 6) is 0.303. The molecule has 1 unspecified atom stereocenters. The molecule has 156 valence electrons. The van der Waals surface area contributed by atoms with Crippen LogP contribution in [0.4, 0.5) is 0 Å². The molecular weight excluding hydrogens is 366 g/mol. The van der Waals surface area contributed by atoms with Gasteiger partial charge in [0.25, 0.3) is 0 Å². The Hall–Kier alpha value is -2.32. The second-order valence-electron chi connectivity index (χ2n) is 8.19. The maximum Gasteiger partial charge on any atom is 0.224 e. The molecule has 0 bridgehead atoms. The zero-order chi connectivity index (χ0) is 19.9. The third-order valence-corrected chi connectivity index (χ3v) is 6.19. The molecular formula is C21H31N7O. The Bertz CT molecular complexity index is 744. The summed E-state index contributed by atoms with van der Waals surface area (Å²) in [7, 11) is 0. The number of pyridine rings is 1. The average Bonchev–Trinajstić information content (AvgIpc) is 3.29. The van der Waals surface area contributed by atoms with Gasteiger partial charge in [-0.1, -0.05) is 0 Å². The summed E-state index contributed by atoms with van der Waals surface area (Å²) >= 11 is 0. The monoisotopic (exact) mass is 397 g/mol. The molecule has 0 radical (unpaired) electrons. The summed E-state index contributed by atoms with van der Waals surface area (Å²) in [6.45, 7) is 6.62. The molecule has 1 atom stereocenters. The van der Waals surface area contributed by atoms with Crippen molar-refractivity contribution in [3.8, 4) is 0 Å². The summed E-state index contributed by atoms with van der Waals surface area (Å²) in [6, 6.07) is 4.81. The summed E-state index contributed by atoms with van der Waals surface area (Å²) in [5, 5.41) is 10.7. The second-order valence-corrected chi connectivity index (χ2v) is 8.19. The summed E-state index contributed by atoms with van der Waals surface area (Å²) < 4.78 is 1.88. The SMILES string of the molecule is O=C(NCCn1cnnc1)C1CCCN(C2CCN(Cc3ccncc3)CC2)C1. The predicted octanol–water partition coefficient (Wildman–Crippen LogP) is 1.17. The largest absolute Gasteiger partial charge is 0.354 e. The highest BCUT2D eigenvalue weighted by Crippen LogP contribution is 2.24. The van der Waals surface area contributed by atoms with Crippen molar-refractivity contribution < 1.29 is 4.79 Å². The van der Waals surface area contributed by atoms with Crippen molar-refractivity contribution in [3.05, 3.63) is 42.7 Å². The van der Waals surface area contributed by atoms with E-state index in [2.05, 4.69) is 42.4 Å². The van der Waals surface area contributed by atoms with Crippen molar-refractivity contribution in [1.82, 2.24) is 34.9 Å². The normalized spacial score (nSPS) is 21.9. The number of amides is 1. The van der Waals surface area contributed by atoms with Gasteiger partial charge < -0.3 is 9.88 Å². The van der Waals surface area contributed by atoms with E-state index in [9.17, 15) is 4.79 Å². The molecule has 29 heavy (non-hydrogen) atoms. The first-order chi connectivity index (χ1) is 14.3. The second kappa shape index (κ2) is 9.93. The lowest BCUT2D eigenvalue weighted by atomic mass is 9.93. The van der Waals surface area contributed by atoms with Crippen LogP contribution in [0, 0.1) is 5.92 Å². The maximum absolute atomic E-state index is 12.6. The number of piperidine rings is 2. The predicted molar refractivity (Wildman–Crippen MR) is 110 cm³/mol. The minimum atomic E-state index is 0.111. The first-order valence-electron chi connectivity index (χ1n) is 10.7. The lowest BCUT2D eigenvalue weighted by Crippen LogP contribution is -2.50. The Morgan fingerprint density at radius 2 is 1.83 bits per heavy atom. The number of carbonyl (C=O) groups is 1. The molecule has 4 heterocycles. The number of nitrogens with zero attached hydrogens (tertiary/aromatic N) is 6. The van der Waals surface area contributed by atoms with Gasteiger partial charge >= 0.3 is 0 Å². The van der Waals surface area contributed by atoms with Crippen LogP contribution in [0.2, 0.25) is 0 Å². The van der Waals surface area contributed by atoms with Gasteiger partial charge in [0.1, 0.15) is 12.7 Å². The highest BCUT2D eigenvalue weighted by atomic mass is 16.1. The fourth-order valence-electron chi connectivity index (χ4n) is 4.53. The van der Waals surface area contributed by atoms with Gasteiger partial charge in [-0.25, -0.2) is 0 Å². The molecule has 8 nitrogen and oxygen atoms in total. The van der Waals surface area contributed by atoms with Gasteiger partial charge in [-0.2, -0.15) is 0 Å². The molecule has 2 aromatic rings. The van der Waals surface area contributed by atoms with Gasteiger partial charge in [-0.15, -0.1) is 10.2 Å². The van der Waals surface area contributed by atoms with Crippen molar-refractivity contribution in [2.24, 2.45) is 5.92 Å². The molecule has 0 spiro atoms. The van der Waals surface area contributed by atoms with E-state index in [0.717, 1.165) is 45.6 Å². The van der Waals surface area contributed by atoms with E-state index in [-0.39, 0.29) is 11.8 Å². The Kier molecular flexibility index (Phi) is 6.84.